The monoisotopic (exact) mass is 341 g/mol. The molecule has 134 valence electrons. The zero-order valence-corrected chi connectivity index (χ0v) is 15.2. The zero-order valence-electron chi connectivity index (χ0n) is 15.2. The van der Waals surface area contributed by atoms with Gasteiger partial charge in [-0.1, -0.05) is 44.2 Å². The highest BCUT2D eigenvalue weighted by atomic mass is 16.5. The van der Waals surface area contributed by atoms with Gasteiger partial charge in [0.15, 0.2) is 0 Å². The van der Waals surface area contributed by atoms with Gasteiger partial charge in [0, 0.05) is 11.3 Å². The van der Waals surface area contributed by atoms with E-state index >= 15 is 0 Å². The Balaban J connectivity index is 0.000000316. The number of methoxy groups -OCH3 is 1. The molecule has 0 amide bonds. The minimum atomic E-state index is -0.317. The van der Waals surface area contributed by atoms with Gasteiger partial charge in [-0.15, -0.1) is 0 Å². The van der Waals surface area contributed by atoms with Crippen molar-refractivity contribution in [2.75, 3.05) is 19.5 Å². The van der Waals surface area contributed by atoms with Crippen LogP contribution in [0.25, 0.3) is 5.57 Å². The number of ether oxygens (including phenoxy) is 2. The smallest absolute Gasteiger partial charge is 0.338 e. The van der Waals surface area contributed by atoms with Crippen molar-refractivity contribution in [1.29, 1.82) is 0 Å². The topological polar surface area (TPSA) is 61.5 Å². The number of carbonyl (C=O) groups excluding carboxylic acids is 1. The second-order valence-corrected chi connectivity index (χ2v) is 6.74. The van der Waals surface area contributed by atoms with Crippen molar-refractivity contribution in [3.05, 3.63) is 59.9 Å². The Morgan fingerprint density at radius 1 is 1.24 bits per heavy atom. The molecule has 2 N–H and O–H groups in total. The van der Waals surface area contributed by atoms with Crippen LogP contribution in [0.5, 0.6) is 0 Å². The van der Waals surface area contributed by atoms with Crippen LogP contribution < -0.4 is 5.73 Å². The number of hydrogen-bond donors (Lipinski definition) is 1. The van der Waals surface area contributed by atoms with E-state index < -0.39 is 0 Å². The molecule has 0 atom stereocenters. The van der Waals surface area contributed by atoms with Crippen LogP contribution in [0.4, 0.5) is 5.69 Å². The Morgan fingerprint density at radius 2 is 2.00 bits per heavy atom. The summed E-state index contributed by atoms with van der Waals surface area (Å²) in [6, 6.07) is 7.63. The van der Waals surface area contributed by atoms with Crippen molar-refractivity contribution in [2.24, 2.45) is 5.41 Å². The van der Waals surface area contributed by atoms with Gasteiger partial charge in [0.05, 0.1) is 25.6 Å². The number of carbonyl (C=O) groups is 1. The second kappa shape index (κ2) is 8.56. The summed E-state index contributed by atoms with van der Waals surface area (Å²) in [6.07, 6.45) is 10.9. The molecule has 0 unspecified atom stereocenters. The molecule has 1 aliphatic carbocycles. The summed E-state index contributed by atoms with van der Waals surface area (Å²) in [5.74, 6) is -0.317. The van der Waals surface area contributed by atoms with E-state index in [1.807, 2.05) is 42.5 Å². The molecule has 1 aliphatic heterocycles. The fraction of sp³-hybridized carbons (Fsp3) is 0.381. The van der Waals surface area contributed by atoms with Gasteiger partial charge in [-0.05, 0) is 42.4 Å². The first-order valence-electron chi connectivity index (χ1n) is 8.58. The molecule has 1 aromatic rings. The number of esters is 1. The second-order valence-electron chi connectivity index (χ2n) is 6.74. The van der Waals surface area contributed by atoms with Gasteiger partial charge < -0.3 is 15.2 Å². The largest absolute Gasteiger partial charge is 0.502 e. The van der Waals surface area contributed by atoms with Gasteiger partial charge in [-0.3, -0.25) is 0 Å². The number of benzene rings is 1. The number of allylic oxidation sites excluding steroid dienone is 3. The maximum absolute atomic E-state index is 12.0. The van der Waals surface area contributed by atoms with Gasteiger partial charge >= 0.3 is 5.97 Å². The van der Waals surface area contributed by atoms with Crippen molar-refractivity contribution in [3.8, 4) is 0 Å². The lowest BCUT2D eigenvalue weighted by molar-refractivity contribution is -0.135. The van der Waals surface area contributed by atoms with Gasteiger partial charge in [-0.25, -0.2) is 4.79 Å². The molecule has 1 heterocycles. The average Bonchev–Trinajstić information content (AvgIpc) is 2.63. The third-order valence-electron chi connectivity index (χ3n) is 4.32. The third-order valence-corrected chi connectivity index (χ3v) is 4.32. The SMILES string of the molecule is C1=COCCC1.COC(=O)C1=C(c2ccccc2N)C(C)(C)CC=C1. The average molecular weight is 341 g/mol. The number of nitrogen functional groups attached to an aromatic ring is 1. The lowest BCUT2D eigenvalue weighted by Gasteiger charge is -2.32. The molecule has 0 saturated heterocycles. The highest BCUT2D eigenvalue weighted by Crippen LogP contribution is 2.45. The molecule has 0 spiro atoms. The van der Waals surface area contributed by atoms with Crippen LogP contribution >= 0.6 is 0 Å². The van der Waals surface area contributed by atoms with E-state index in [0.717, 1.165) is 24.2 Å². The molecule has 4 heteroatoms. The van der Waals surface area contributed by atoms with E-state index in [0.29, 0.717) is 11.3 Å². The van der Waals surface area contributed by atoms with Crippen molar-refractivity contribution in [3.63, 3.8) is 0 Å². The van der Waals surface area contributed by atoms with Gasteiger partial charge in [-0.2, -0.15) is 0 Å². The Kier molecular flexibility index (Phi) is 6.45. The van der Waals surface area contributed by atoms with Crippen molar-refractivity contribution >= 4 is 17.2 Å². The summed E-state index contributed by atoms with van der Waals surface area (Å²) in [5.41, 5.74) is 9.07. The van der Waals surface area contributed by atoms with E-state index in [2.05, 4.69) is 13.8 Å². The Morgan fingerprint density at radius 3 is 2.52 bits per heavy atom. The molecule has 0 saturated carbocycles. The van der Waals surface area contributed by atoms with Crippen LogP contribution in [-0.2, 0) is 14.3 Å². The molecular weight excluding hydrogens is 314 g/mol. The van der Waals surface area contributed by atoms with Crippen LogP contribution in [-0.4, -0.2) is 19.7 Å². The fourth-order valence-corrected chi connectivity index (χ4v) is 3.02. The number of hydrogen-bond acceptors (Lipinski definition) is 4. The predicted molar refractivity (Wildman–Crippen MR) is 102 cm³/mol. The molecule has 3 rings (SSSR count). The first-order chi connectivity index (χ1) is 12.0. The highest BCUT2D eigenvalue weighted by molar-refractivity contribution is 6.03. The Hall–Kier alpha value is -2.49. The maximum Gasteiger partial charge on any atom is 0.338 e. The molecule has 0 aromatic heterocycles. The number of rotatable bonds is 2. The van der Waals surface area contributed by atoms with Crippen molar-refractivity contribution < 1.29 is 14.3 Å². The molecule has 25 heavy (non-hydrogen) atoms. The lowest BCUT2D eigenvalue weighted by atomic mass is 9.72. The minimum absolute atomic E-state index is 0.145. The summed E-state index contributed by atoms with van der Waals surface area (Å²) < 4.78 is 9.77. The van der Waals surface area contributed by atoms with Crippen LogP contribution in [0.1, 0.15) is 38.7 Å². The quantitative estimate of drug-likeness (QED) is 0.636. The molecule has 0 fully saturated rings. The van der Waals surface area contributed by atoms with Crippen LogP contribution in [0.3, 0.4) is 0 Å². The van der Waals surface area contributed by atoms with E-state index in [9.17, 15) is 4.79 Å². The molecule has 2 aliphatic rings. The minimum Gasteiger partial charge on any atom is -0.502 e. The van der Waals surface area contributed by atoms with Gasteiger partial charge in [0.1, 0.15) is 0 Å². The number of nitrogens with two attached hydrogens (primary N) is 1. The molecule has 0 radical (unpaired) electrons. The zero-order chi connectivity index (χ0) is 18.3. The van der Waals surface area contributed by atoms with Crippen LogP contribution in [0.15, 0.2) is 54.3 Å². The first-order valence-corrected chi connectivity index (χ1v) is 8.58. The van der Waals surface area contributed by atoms with Crippen molar-refractivity contribution in [2.45, 2.75) is 33.1 Å². The van der Waals surface area contributed by atoms with E-state index in [1.165, 1.54) is 20.0 Å². The van der Waals surface area contributed by atoms with E-state index in [4.69, 9.17) is 15.2 Å². The molecule has 1 aromatic carbocycles. The Bertz CT molecular complexity index is 691. The number of anilines is 1. The first kappa shape index (κ1) is 18.8. The standard InChI is InChI=1S/C16H19NO2.C5H8O/c1-16(2)10-6-8-12(15(18)19-3)14(16)11-7-4-5-9-13(11)17;1-2-4-6-5-3-1/h4-9H,10,17H2,1-3H3;2,4H,1,3,5H2. The fourth-order valence-electron chi connectivity index (χ4n) is 3.02. The summed E-state index contributed by atoms with van der Waals surface area (Å²) >= 11 is 0. The number of para-hydroxylation sites is 1. The highest BCUT2D eigenvalue weighted by Gasteiger charge is 2.32. The maximum atomic E-state index is 12.0. The normalized spacial score (nSPS) is 18.0. The van der Waals surface area contributed by atoms with Crippen LogP contribution in [0, 0.1) is 5.41 Å². The summed E-state index contributed by atoms with van der Waals surface area (Å²) in [4.78, 5) is 12.0. The van der Waals surface area contributed by atoms with Crippen LogP contribution in [0.2, 0.25) is 0 Å². The lowest BCUT2D eigenvalue weighted by Crippen LogP contribution is -2.21. The van der Waals surface area contributed by atoms with Gasteiger partial charge in [0.25, 0.3) is 0 Å². The van der Waals surface area contributed by atoms with Gasteiger partial charge in [0.2, 0.25) is 0 Å². The van der Waals surface area contributed by atoms with E-state index in [1.54, 1.807) is 6.26 Å². The van der Waals surface area contributed by atoms with Crippen molar-refractivity contribution in [1.82, 2.24) is 0 Å². The summed E-state index contributed by atoms with van der Waals surface area (Å²) in [6.45, 7) is 5.14. The molecule has 4 nitrogen and oxygen atoms in total. The molecular formula is C21H27NO3. The summed E-state index contributed by atoms with van der Waals surface area (Å²) in [5, 5.41) is 0. The summed E-state index contributed by atoms with van der Waals surface area (Å²) in [7, 11) is 1.40. The predicted octanol–water partition coefficient (Wildman–Crippen LogP) is 4.49. The van der Waals surface area contributed by atoms with E-state index in [-0.39, 0.29) is 11.4 Å². The Labute approximate surface area is 150 Å². The third kappa shape index (κ3) is 4.75. The molecule has 0 bridgehead atoms.